The molecule has 0 spiro atoms. The summed E-state index contributed by atoms with van der Waals surface area (Å²) in [5, 5.41) is 2.71. The SMILES string of the molecule is CC1(Br)C=CC=C(c2cccc3c2sc2c(-c4ccccc4)cccc23)C1. The van der Waals surface area contributed by atoms with Gasteiger partial charge >= 0.3 is 0 Å². The summed E-state index contributed by atoms with van der Waals surface area (Å²) < 4.78 is 2.80. The van der Waals surface area contributed by atoms with Crippen LogP contribution in [0.15, 0.2) is 85.0 Å². The van der Waals surface area contributed by atoms with Crippen molar-refractivity contribution in [1.82, 2.24) is 0 Å². The molecule has 0 bridgehead atoms. The van der Waals surface area contributed by atoms with Crippen LogP contribution >= 0.6 is 27.3 Å². The van der Waals surface area contributed by atoms with Gasteiger partial charge in [0.1, 0.15) is 0 Å². The maximum absolute atomic E-state index is 3.85. The maximum Gasteiger partial charge on any atom is 0.0452 e. The largest absolute Gasteiger partial charge is 0.134 e. The molecule has 1 aromatic heterocycles. The summed E-state index contributed by atoms with van der Waals surface area (Å²) in [4.78, 5) is 0. The molecule has 0 amide bonds. The van der Waals surface area contributed by atoms with Crippen molar-refractivity contribution < 1.29 is 0 Å². The third-order valence-corrected chi connectivity index (χ3v) is 7.06. The van der Waals surface area contributed by atoms with Crippen LogP contribution in [0.5, 0.6) is 0 Å². The molecule has 4 aromatic rings. The zero-order valence-corrected chi connectivity index (χ0v) is 17.5. The van der Waals surface area contributed by atoms with E-state index in [2.05, 4.69) is 108 Å². The van der Waals surface area contributed by atoms with E-state index in [0.29, 0.717) is 0 Å². The molecule has 1 aliphatic carbocycles. The highest BCUT2D eigenvalue weighted by Crippen LogP contribution is 2.44. The zero-order valence-electron chi connectivity index (χ0n) is 15.1. The van der Waals surface area contributed by atoms with E-state index >= 15 is 0 Å². The first kappa shape index (κ1) is 17.0. The Morgan fingerprint density at radius 2 is 1.48 bits per heavy atom. The number of halogens is 1. The minimum atomic E-state index is 0.0329. The fraction of sp³-hybridized carbons (Fsp3) is 0.120. The van der Waals surface area contributed by atoms with Crippen molar-refractivity contribution in [3.05, 3.63) is 90.5 Å². The molecule has 3 aromatic carbocycles. The molecule has 1 heterocycles. The van der Waals surface area contributed by atoms with Gasteiger partial charge in [-0.15, -0.1) is 11.3 Å². The average Bonchev–Trinajstić information content (AvgIpc) is 3.07. The van der Waals surface area contributed by atoms with Crippen LogP contribution < -0.4 is 0 Å². The first-order valence-electron chi connectivity index (χ1n) is 9.20. The molecule has 0 fully saturated rings. The zero-order chi connectivity index (χ0) is 18.4. The lowest BCUT2D eigenvalue weighted by Gasteiger charge is -2.23. The molecule has 1 aliphatic rings. The Bertz CT molecular complexity index is 1210. The highest BCUT2D eigenvalue weighted by Gasteiger charge is 2.23. The number of thiophene rings is 1. The van der Waals surface area contributed by atoms with Crippen molar-refractivity contribution in [3.8, 4) is 11.1 Å². The Morgan fingerprint density at radius 3 is 2.19 bits per heavy atom. The summed E-state index contributed by atoms with van der Waals surface area (Å²) in [6.07, 6.45) is 7.67. The molecular weight excluding hydrogens is 412 g/mol. The van der Waals surface area contributed by atoms with E-state index in [-0.39, 0.29) is 4.32 Å². The smallest absolute Gasteiger partial charge is 0.0452 e. The molecule has 5 rings (SSSR count). The van der Waals surface area contributed by atoms with Gasteiger partial charge in [-0.2, -0.15) is 0 Å². The minimum absolute atomic E-state index is 0.0329. The Labute approximate surface area is 172 Å². The Hall–Kier alpha value is -2.16. The molecule has 0 nitrogen and oxygen atoms in total. The van der Waals surface area contributed by atoms with E-state index in [1.165, 1.54) is 42.4 Å². The van der Waals surface area contributed by atoms with Gasteiger partial charge in [-0.1, -0.05) is 101 Å². The van der Waals surface area contributed by atoms with Gasteiger partial charge in [0.2, 0.25) is 0 Å². The van der Waals surface area contributed by atoms with Gasteiger partial charge in [0.15, 0.2) is 0 Å². The monoisotopic (exact) mass is 430 g/mol. The number of fused-ring (bicyclic) bond motifs is 3. The van der Waals surface area contributed by atoms with Gasteiger partial charge in [0.05, 0.1) is 0 Å². The second kappa shape index (κ2) is 6.47. The first-order chi connectivity index (χ1) is 13.1. The van der Waals surface area contributed by atoms with Crippen LogP contribution in [-0.2, 0) is 0 Å². The number of rotatable bonds is 2. The Morgan fingerprint density at radius 1 is 0.815 bits per heavy atom. The topological polar surface area (TPSA) is 0 Å². The van der Waals surface area contributed by atoms with Crippen molar-refractivity contribution in [2.45, 2.75) is 17.7 Å². The van der Waals surface area contributed by atoms with Gasteiger partial charge in [-0.05, 0) is 35.6 Å². The minimum Gasteiger partial charge on any atom is -0.134 e. The summed E-state index contributed by atoms with van der Waals surface area (Å²) in [5.41, 5.74) is 5.37. The van der Waals surface area contributed by atoms with E-state index in [0.717, 1.165) is 6.42 Å². The van der Waals surface area contributed by atoms with E-state index in [1.54, 1.807) is 0 Å². The normalized spacial score (nSPS) is 19.6. The average molecular weight is 431 g/mol. The number of benzene rings is 3. The van der Waals surface area contributed by atoms with Gasteiger partial charge in [0, 0.05) is 24.5 Å². The van der Waals surface area contributed by atoms with Crippen LogP contribution in [0.4, 0.5) is 0 Å². The highest BCUT2D eigenvalue weighted by molar-refractivity contribution is 9.10. The lowest BCUT2D eigenvalue weighted by molar-refractivity contribution is 0.829. The highest BCUT2D eigenvalue weighted by atomic mass is 79.9. The fourth-order valence-corrected chi connectivity index (χ4v) is 5.80. The van der Waals surface area contributed by atoms with Crippen molar-refractivity contribution in [2.75, 3.05) is 0 Å². The van der Waals surface area contributed by atoms with Crippen LogP contribution in [0.1, 0.15) is 18.9 Å². The number of allylic oxidation sites excluding steroid dienone is 4. The van der Waals surface area contributed by atoms with Crippen LogP contribution in [0, 0.1) is 0 Å². The van der Waals surface area contributed by atoms with Crippen LogP contribution in [0.25, 0.3) is 36.9 Å². The van der Waals surface area contributed by atoms with Gasteiger partial charge < -0.3 is 0 Å². The van der Waals surface area contributed by atoms with Crippen molar-refractivity contribution in [3.63, 3.8) is 0 Å². The second-order valence-corrected chi connectivity index (χ2v) is 10.2. The first-order valence-corrected chi connectivity index (χ1v) is 10.8. The van der Waals surface area contributed by atoms with E-state index in [9.17, 15) is 0 Å². The molecule has 132 valence electrons. The second-order valence-electron chi connectivity index (χ2n) is 7.34. The quantitative estimate of drug-likeness (QED) is 0.281. The van der Waals surface area contributed by atoms with Gasteiger partial charge in [-0.3, -0.25) is 0 Å². The van der Waals surface area contributed by atoms with Crippen molar-refractivity contribution in [2.24, 2.45) is 0 Å². The molecule has 0 saturated carbocycles. The maximum atomic E-state index is 3.85. The molecule has 0 N–H and O–H groups in total. The standard InChI is InChI=1S/C25H19BrS/c1-25(26)15-7-10-18(16-25)20-12-6-14-22-21-13-5-11-19(23(21)27-24(20)22)17-8-3-2-4-9-17/h2-15H,16H2,1H3. The third kappa shape index (κ3) is 2.97. The molecule has 1 unspecified atom stereocenters. The van der Waals surface area contributed by atoms with Crippen LogP contribution in [0.3, 0.4) is 0 Å². The van der Waals surface area contributed by atoms with E-state index in [1.807, 2.05) is 11.3 Å². The van der Waals surface area contributed by atoms with Crippen LogP contribution in [0.2, 0.25) is 0 Å². The third-order valence-electron chi connectivity index (χ3n) is 5.23. The number of alkyl halides is 1. The fourth-order valence-electron chi connectivity index (χ4n) is 3.96. The summed E-state index contributed by atoms with van der Waals surface area (Å²) in [6.45, 7) is 2.23. The van der Waals surface area contributed by atoms with Crippen molar-refractivity contribution >= 4 is 53.0 Å². The van der Waals surface area contributed by atoms with Crippen molar-refractivity contribution in [1.29, 1.82) is 0 Å². The predicted molar refractivity (Wildman–Crippen MR) is 124 cm³/mol. The van der Waals surface area contributed by atoms with Gasteiger partial charge in [-0.25, -0.2) is 0 Å². The van der Waals surface area contributed by atoms with E-state index in [4.69, 9.17) is 0 Å². The summed E-state index contributed by atoms with van der Waals surface area (Å²) >= 11 is 5.77. The van der Waals surface area contributed by atoms with Crippen LogP contribution in [-0.4, -0.2) is 4.32 Å². The Kier molecular flexibility index (Phi) is 4.07. The molecule has 0 radical (unpaired) electrons. The molecule has 27 heavy (non-hydrogen) atoms. The molecule has 0 saturated heterocycles. The summed E-state index contributed by atoms with van der Waals surface area (Å²) in [6, 6.07) is 24.1. The number of hydrogen-bond donors (Lipinski definition) is 0. The lowest BCUT2D eigenvalue weighted by atomic mass is 9.90. The summed E-state index contributed by atoms with van der Waals surface area (Å²) in [5.74, 6) is 0. The summed E-state index contributed by atoms with van der Waals surface area (Å²) in [7, 11) is 0. The van der Waals surface area contributed by atoms with Gasteiger partial charge in [0.25, 0.3) is 0 Å². The van der Waals surface area contributed by atoms with E-state index < -0.39 is 0 Å². The molecule has 2 heteroatoms. The lowest BCUT2D eigenvalue weighted by Crippen LogP contribution is -2.14. The number of hydrogen-bond acceptors (Lipinski definition) is 1. The molecule has 0 aliphatic heterocycles. The predicted octanol–water partition coefficient (Wildman–Crippen LogP) is 8.22. The Balaban J connectivity index is 1.77. The molecular formula is C25H19BrS. The molecule has 1 atom stereocenters.